The van der Waals surface area contributed by atoms with Crippen LogP contribution in [0.1, 0.15) is 18.7 Å². The third-order valence-electron chi connectivity index (χ3n) is 2.89. The molecule has 84 valence electrons. The summed E-state index contributed by atoms with van der Waals surface area (Å²) in [7, 11) is 0. The summed E-state index contributed by atoms with van der Waals surface area (Å²) in [5.41, 5.74) is 0.871. The monoisotopic (exact) mass is 281 g/mol. The van der Waals surface area contributed by atoms with Crippen LogP contribution in [-0.4, -0.2) is 27.3 Å². The molecule has 0 N–H and O–H groups in total. The highest BCUT2D eigenvalue weighted by Crippen LogP contribution is 2.20. The van der Waals surface area contributed by atoms with Crippen molar-refractivity contribution in [2.24, 2.45) is 0 Å². The van der Waals surface area contributed by atoms with Crippen LogP contribution in [0, 0.1) is 0 Å². The predicted octanol–water partition coefficient (Wildman–Crippen LogP) is 2.21. The van der Waals surface area contributed by atoms with Gasteiger partial charge in [-0.05, 0) is 40.9 Å². The summed E-state index contributed by atoms with van der Waals surface area (Å²) in [6.45, 7) is 0.880. The topological polar surface area (TPSA) is 39.4 Å². The van der Waals surface area contributed by atoms with E-state index in [1.165, 1.54) is 0 Å². The fourth-order valence-corrected chi connectivity index (χ4v) is 2.50. The molecule has 0 radical (unpaired) electrons. The molecule has 0 aliphatic carbocycles. The molecule has 1 atom stereocenters. The molecule has 1 aliphatic rings. The largest absolute Gasteiger partial charge is 0.378 e. The Morgan fingerprint density at radius 2 is 2.44 bits per heavy atom. The van der Waals surface area contributed by atoms with Crippen LogP contribution in [-0.2, 0) is 11.2 Å². The van der Waals surface area contributed by atoms with E-state index in [-0.39, 0.29) is 0 Å². The lowest BCUT2D eigenvalue weighted by Crippen LogP contribution is -2.11. The molecular weight excluding hydrogens is 270 g/mol. The second-order valence-electron chi connectivity index (χ2n) is 4.01. The number of nitrogens with zero attached hydrogens (tertiary/aromatic N) is 3. The first kappa shape index (κ1) is 10.2. The van der Waals surface area contributed by atoms with E-state index < -0.39 is 0 Å². The third-order valence-corrected chi connectivity index (χ3v) is 3.51. The summed E-state index contributed by atoms with van der Waals surface area (Å²) in [6, 6.07) is 3.96. The maximum Gasteiger partial charge on any atom is 0.175 e. The van der Waals surface area contributed by atoms with Gasteiger partial charge in [0.1, 0.15) is 5.82 Å². The molecule has 5 heteroatoms. The van der Waals surface area contributed by atoms with Crippen LogP contribution < -0.4 is 0 Å². The lowest BCUT2D eigenvalue weighted by atomic mass is 10.2. The minimum Gasteiger partial charge on any atom is -0.378 e. The zero-order chi connectivity index (χ0) is 11.0. The maximum atomic E-state index is 5.61. The molecule has 2 aromatic heterocycles. The fourth-order valence-electron chi connectivity index (χ4n) is 2.08. The standard InChI is InChI=1S/C11H12BrN3O/c12-9-4-1-5-15-10(13-14-11(9)15)7-8-3-2-6-16-8/h1,4-5,8H,2-3,6-7H2. The Hall–Kier alpha value is -0.940. The zero-order valence-corrected chi connectivity index (χ0v) is 10.4. The molecule has 1 aliphatic heterocycles. The quantitative estimate of drug-likeness (QED) is 0.847. The van der Waals surface area contributed by atoms with Gasteiger partial charge >= 0.3 is 0 Å². The zero-order valence-electron chi connectivity index (χ0n) is 8.77. The number of ether oxygens (including phenoxy) is 1. The van der Waals surface area contributed by atoms with Gasteiger partial charge in [0.25, 0.3) is 0 Å². The molecule has 0 aromatic carbocycles. The average molecular weight is 282 g/mol. The highest BCUT2D eigenvalue weighted by Gasteiger charge is 2.19. The smallest absolute Gasteiger partial charge is 0.175 e. The van der Waals surface area contributed by atoms with E-state index in [2.05, 4.69) is 26.1 Å². The van der Waals surface area contributed by atoms with E-state index in [0.717, 1.165) is 41.8 Å². The van der Waals surface area contributed by atoms with Gasteiger partial charge < -0.3 is 4.74 Å². The van der Waals surface area contributed by atoms with Gasteiger partial charge in [0.05, 0.1) is 10.6 Å². The molecule has 1 fully saturated rings. The maximum absolute atomic E-state index is 5.61. The van der Waals surface area contributed by atoms with Crippen molar-refractivity contribution in [1.82, 2.24) is 14.6 Å². The van der Waals surface area contributed by atoms with Gasteiger partial charge in [0.2, 0.25) is 0 Å². The Bertz CT molecular complexity index is 505. The molecule has 1 unspecified atom stereocenters. The molecule has 4 nitrogen and oxygen atoms in total. The van der Waals surface area contributed by atoms with Gasteiger partial charge in [-0.2, -0.15) is 0 Å². The van der Waals surface area contributed by atoms with E-state index in [4.69, 9.17) is 4.74 Å². The minimum absolute atomic E-state index is 0.311. The SMILES string of the molecule is Brc1cccn2c(CC3CCCO3)nnc12. The Balaban J connectivity index is 1.94. The molecule has 0 bridgehead atoms. The number of hydrogen-bond acceptors (Lipinski definition) is 3. The lowest BCUT2D eigenvalue weighted by Gasteiger charge is -2.07. The second-order valence-corrected chi connectivity index (χ2v) is 4.86. The molecule has 1 saturated heterocycles. The van der Waals surface area contributed by atoms with Crippen molar-refractivity contribution >= 4 is 21.6 Å². The first-order chi connectivity index (χ1) is 7.84. The van der Waals surface area contributed by atoms with Crippen molar-refractivity contribution in [3.05, 3.63) is 28.6 Å². The van der Waals surface area contributed by atoms with Crippen molar-refractivity contribution in [3.63, 3.8) is 0 Å². The first-order valence-corrected chi connectivity index (χ1v) is 6.23. The Labute approximate surface area is 102 Å². The molecule has 2 aromatic rings. The lowest BCUT2D eigenvalue weighted by molar-refractivity contribution is 0.109. The summed E-state index contributed by atoms with van der Waals surface area (Å²) in [5.74, 6) is 0.975. The highest BCUT2D eigenvalue weighted by atomic mass is 79.9. The molecule has 0 amide bonds. The van der Waals surface area contributed by atoms with E-state index in [1.54, 1.807) is 0 Å². The van der Waals surface area contributed by atoms with Crippen LogP contribution in [0.3, 0.4) is 0 Å². The average Bonchev–Trinajstić information content (AvgIpc) is 2.90. The molecule has 3 rings (SSSR count). The summed E-state index contributed by atoms with van der Waals surface area (Å²) in [5, 5.41) is 8.39. The number of pyridine rings is 1. The van der Waals surface area contributed by atoms with Crippen molar-refractivity contribution in [1.29, 1.82) is 0 Å². The van der Waals surface area contributed by atoms with E-state index in [1.807, 2.05) is 22.7 Å². The minimum atomic E-state index is 0.311. The van der Waals surface area contributed by atoms with Crippen LogP contribution in [0.5, 0.6) is 0 Å². The van der Waals surface area contributed by atoms with Crippen LogP contribution >= 0.6 is 15.9 Å². The van der Waals surface area contributed by atoms with Gasteiger partial charge in [-0.3, -0.25) is 4.40 Å². The number of halogens is 1. The van der Waals surface area contributed by atoms with E-state index in [9.17, 15) is 0 Å². The number of hydrogen-bond donors (Lipinski definition) is 0. The van der Waals surface area contributed by atoms with Crippen molar-refractivity contribution in [2.45, 2.75) is 25.4 Å². The molecule has 16 heavy (non-hydrogen) atoms. The van der Waals surface area contributed by atoms with Gasteiger partial charge in [-0.1, -0.05) is 0 Å². The highest BCUT2D eigenvalue weighted by molar-refractivity contribution is 9.10. The van der Waals surface area contributed by atoms with Gasteiger partial charge in [-0.15, -0.1) is 10.2 Å². The second kappa shape index (κ2) is 4.14. The van der Waals surface area contributed by atoms with Gasteiger partial charge in [-0.25, -0.2) is 0 Å². The van der Waals surface area contributed by atoms with E-state index in [0.29, 0.717) is 6.10 Å². The Morgan fingerprint density at radius 1 is 1.50 bits per heavy atom. The number of aromatic nitrogens is 3. The van der Waals surface area contributed by atoms with Crippen LogP contribution in [0.15, 0.2) is 22.8 Å². The number of rotatable bonds is 2. The Kier molecular flexibility index (Phi) is 2.65. The summed E-state index contributed by atoms with van der Waals surface area (Å²) >= 11 is 3.47. The number of fused-ring (bicyclic) bond motifs is 1. The van der Waals surface area contributed by atoms with Gasteiger partial charge in [0.15, 0.2) is 5.65 Å². The fraction of sp³-hybridized carbons (Fsp3) is 0.455. The van der Waals surface area contributed by atoms with E-state index >= 15 is 0 Å². The van der Waals surface area contributed by atoms with Gasteiger partial charge in [0, 0.05) is 19.2 Å². The summed E-state index contributed by atoms with van der Waals surface area (Å²) in [4.78, 5) is 0. The van der Waals surface area contributed by atoms with Crippen molar-refractivity contribution in [2.75, 3.05) is 6.61 Å². The molecule has 0 spiro atoms. The van der Waals surface area contributed by atoms with Crippen LogP contribution in [0.25, 0.3) is 5.65 Å². The molecule has 3 heterocycles. The predicted molar refractivity (Wildman–Crippen MR) is 63.4 cm³/mol. The summed E-state index contributed by atoms with van der Waals surface area (Å²) < 4.78 is 8.61. The van der Waals surface area contributed by atoms with Crippen LogP contribution in [0.4, 0.5) is 0 Å². The molecular formula is C11H12BrN3O. The van der Waals surface area contributed by atoms with Crippen LogP contribution in [0.2, 0.25) is 0 Å². The molecule has 0 saturated carbocycles. The Morgan fingerprint density at radius 3 is 3.25 bits per heavy atom. The van der Waals surface area contributed by atoms with Crippen molar-refractivity contribution < 1.29 is 4.74 Å². The normalized spacial score (nSPS) is 20.7. The third kappa shape index (κ3) is 1.74. The van der Waals surface area contributed by atoms with Crippen molar-refractivity contribution in [3.8, 4) is 0 Å². The summed E-state index contributed by atoms with van der Waals surface area (Å²) in [6.07, 6.45) is 5.43. The first-order valence-electron chi connectivity index (χ1n) is 5.44.